The van der Waals surface area contributed by atoms with Crippen molar-refractivity contribution in [2.24, 2.45) is 0 Å². The van der Waals surface area contributed by atoms with E-state index in [-0.39, 0.29) is 29.1 Å². The highest BCUT2D eigenvalue weighted by Gasteiger charge is 2.26. The molecule has 0 atom stereocenters. The van der Waals surface area contributed by atoms with Crippen LogP contribution in [0.1, 0.15) is 62.4 Å². The Morgan fingerprint density at radius 3 is 2.54 bits per heavy atom. The summed E-state index contributed by atoms with van der Waals surface area (Å²) in [6.07, 6.45) is 5.69. The summed E-state index contributed by atoms with van der Waals surface area (Å²) in [4.78, 5) is 47.4. The molecule has 0 radical (unpaired) electrons. The Labute approximate surface area is 201 Å². The summed E-state index contributed by atoms with van der Waals surface area (Å²) in [6, 6.07) is 5.77. The predicted molar refractivity (Wildman–Crippen MR) is 129 cm³/mol. The molecule has 11 heteroatoms. The number of H-pyrrole nitrogens is 1. The molecule has 4 rings (SSSR count). The van der Waals surface area contributed by atoms with Crippen molar-refractivity contribution in [1.82, 2.24) is 20.3 Å². The Morgan fingerprint density at radius 1 is 1.14 bits per heavy atom. The molecule has 1 amide bonds. The molecule has 0 bridgehead atoms. The lowest BCUT2D eigenvalue weighted by atomic mass is 9.91. The van der Waals surface area contributed by atoms with E-state index in [0.717, 1.165) is 25.7 Å². The van der Waals surface area contributed by atoms with Gasteiger partial charge in [-0.3, -0.25) is 14.9 Å². The maximum absolute atomic E-state index is 13.2. The highest BCUT2D eigenvalue weighted by molar-refractivity contribution is 6.18. The van der Waals surface area contributed by atoms with Crippen molar-refractivity contribution in [3.63, 3.8) is 0 Å². The molecule has 1 saturated carbocycles. The third kappa shape index (κ3) is 5.73. The standard InChI is InChI=1S/C24H28N6O5/c1-24(2,3)35-23(32)29-16-9-7-15(8-10-16)28-22-19-18(12-25-21(19)26-13-27-22)20(31)14-5-4-6-17(11-14)30(33)34/h4-6,11-13,15-16H,7-10H2,1-3H3,(H,29,32)(H2,25,26,27,28)/t15-,16+. The van der Waals surface area contributed by atoms with E-state index in [0.29, 0.717) is 22.4 Å². The van der Waals surface area contributed by atoms with Crippen LogP contribution in [-0.2, 0) is 4.74 Å². The fourth-order valence-electron chi connectivity index (χ4n) is 4.22. The Kier molecular flexibility index (Phi) is 6.68. The van der Waals surface area contributed by atoms with Crippen molar-refractivity contribution in [2.75, 3.05) is 5.32 Å². The van der Waals surface area contributed by atoms with E-state index in [1.807, 2.05) is 20.8 Å². The second-order valence-corrected chi connectivity index (χ2v) is 9.62. The molecule has 184 valence electrons. The number of amides is 1. The molecule has 2 aromatic heterocycles. The number of fused-ring (bicyclic) bond motifs is 1. The molecule has 11 nitrogen and oxygen atoms in total. The number of hydrogen-bond donors (Lipinski definition) is 3. The molecule has 35 heavy (non-hydrogen) atoms. The van der Waals surface area contributed by atoms with Gasteiger partial charge in [0.2, 0.25) is 0 Å². The van der Waals surface area contributed by atoms with Crippen LogP contribution in [0.5, 0.6) is 0 Å². The first-order chi connectivity index (χ1) is 16.6. The summed E-state index contributed by atoms with van der Waals surface area (Å²) < 4.78 is 5.34. The number of ketones is 1. The number of nitrogens with zero attached hydrogens (tertiary/aromatic N) is 3. The van der Waals surface area contributed by atoms with Crippen LogP contribution in [0.15, 0.2) is 36.8 Å². The number of hydrogen-bond acceptors (Lipinski definition) is 8. The summed E-state index contributed by atoms with van der Waals surface area (Å²) in [6.45, 7) is 5.48. The molecule has 1 fully saturated rings. The van der Waals surface area contributed by atoms with Gasteiger partial charge in [-0.2, -0.15) is 0 Å². The van der Waals surface area contributed by atoms with Crippen LogP contribution in [-0.4, -0.2) is 49.4 Å². The van der Waals surface area contributed by atoms with Crippen molar-refractivity contribution < 1.29 is 19.2 Å². The maximum Gasteiger partial charge on any atom is 0.407 e. The van der Waals surface area contributed by atoms with E-state index in [1.54, 1.807) is 12.3 Å². The average Bonchev–Trinajstić information content (AvgIpc) is 3.24. The third-order valence-electron chi connectivity index (χ3n) is 5.82. The van der Waals surface area contributed by atoms with Gasteiger partial charge in [0.25, 0.3) is 5.69 Å². The molecule has 1 aromatic carbocycles. The molecular weight excluding hydrogens is 452 g/mol. The number of benzene rings is 1. The Bertz CT molecular complexity index is 1260. The van der Waals surface area contributed by atoms with Crippen LogP contribution in [0.4, 0.5) is 16.3 Å². The molecule has 0 aliphatic heterocycles. The first kappa shape index (κ1) is 24.1. The lowest BCUT2D eigenvalue weighted by Gasteiger charge is -2.30. The van der Waals surface area contributed by atoms with Crippen LogP contribution < -0.4 is 10.6 Å². The number of aromatic nitrogens is 3. The molecule has 3 N–H and O–H groups in total. The van der Waals surface area contributed by atoms with Gasteiger partial charge >= 0.3 is 6.09 Å². The molecule has 3 aromatic rings. The molecular formula is C24H28N6O5. The van der Waals surface area contributed by atoms with Crippen molar-refractivity contribution in [2.45, 2.75) is 64.1 Å². The van der Waals surface area contributed by atoms with E-state index >= 15 is 0 Å². The van der Waals surface area contributed by atoms with E-state index in [1.165, 1.54) is 24.5 Å². The van der Waals surface area contributed by atoms with Crippen LogP contribution in [0.25, 0.3) is 11.0 Å². The fraction of sp³-hybridized carbons (Fsp3) is 0.417. The van der Waals surface area contributed by atoms with Gasteiger partial charge in [0, 0.05) is 36.0 Å². The minimum absolute atomic E-state index is 0.0339. The van der Waals surface area contributed by atoms with Crippen LogP contribution in [0, 0.1) is 10.1 Å². The topological polar surface area (TPSA) is 152 Å². The van der Waals surface area contributed by atoms with Gasteiger partial charge in [-0.25, -0.2) is 14.8 Å². The number of anilines is 1. The van der Waals surface area contributed by atoms with E-state index < -0.39 is 16.6 Å². The van der Waals surface area contributed by atoms with Gasteiger partial charge < -0.3 is 20.4 Å². The van der Waals surface area contributed by atoms with Gasteiger partial charge in [-0.1, -0.05) is 12.1 Å². The third-order valence-corrected chi connectivity index (χ3v) is 5.82. The van der Waals surface area contributed by atoms with Crippen molar-refractivity contribution >= 4 is 34.4 Å². The predicted octanol–water partition coefficient (Wildman–Crippen LogP) is 4.34. The highest BCUT2D eigenvalue weighted by atomic mass is 16.6. The SMILES string of the molecule is CC(C)(C)OC(=O)N[C@H]1CC[C@@H](Nc2ncnc3[nH]cc(C(=O)c4cccc([N+](=O)[O-])c4)c23)CC1. The molecule has 0 saturated heterocycles. The van der Waals surface area contributed by atoms with Crippen molar-refractivity contribution in [1.29, 1.82) is 0 Å². The summed E-state index contributed by atoms with van der Waals surface area (Å²) in [5.41, 5.74) is 0.350. The smallest absolute Gasteiger partial charge is 0.407 e. The lowest BCUT2D eigenvalue weighted by molar-refractivity contribution is -0.384. The van der Waals surface area contributed by atoms with Gasteiger partial charge in [0.05, 0.1) is 15.9 Å². The minimum atomic E-state index is -0.544. The fourth-order valence-corrected chi connectivity index (χ4v) is 4.22. The number of nitro groups is 1. The zero-order valence-corrected chi connectivity index (χ0v) is 19.8. The summed E-state index contributed by atoms with van der Waals surface area (Å²) in [5.74, 6) is 0.164. The first-order valence-corrected chi connectivity index (χ1v) is 11.5. The highest BCUT2D eigenvalue weighted by Crippen LogP contribution is 2.29. The van der Waals surface area contributed by atoms with Crippen LogP contribution in [0.2, 0.25) is 0 Å². The molecule has 1 aliphatic rings. The normalized spacial score (nSPS) is 18.1. The summed E-state index contributed by atoms with van der Waals surface area (Å²) >= 11 is 0. The summed E-state index contributed by atoms with van der Waals surface area (Å²) in [5, 5.41) is 18.0. The molecule has 1 aliphatic carbocycles. The number of carbonyl (C=O) groups is 2. The lowest BCUT2D eigenvalue weighted by Crippen LogP contribution is -2.42. The minimum Gasteiger partial charge on any atom is -0.444 e. The van der Waals surface area contributed by atoms with E-state index in [4.69, 9.17) is 4.74 Å². The maximum atomic E-state index is 13.2. The number of alkyl carbamates (subject to hydrolysis) is 1. The second kappa shape index (κ2) is 9.69. The first-order valence-electron chi connectivity index (χ1n) is 11.5. The van der Waals surface area contributed by atoms with Gasteiger partial charge in [0.1, 0.15) is 23.4 Å². The number of rotatable bonds is 6. The number of non-ortho nitro benzene ring substituents is 1. The van der Waals surface area contributed by atoms with Crippen molar-refractivity contribution in [3.8, 4) is 0 Å². The Hall–Kier alpha value is -4.02. The quantitative estimate of drug-likeness (QED) is 0.267. The number of ether oxygens (including phenoxy) is 1. The number of nitrogens with one attached hydrogen (secondary N) is 3. The van der Waals surface area contributed by atoms with Gasteiger partial charge in [-0.05, 0) is 46.5 Å². The number of aromatic amines is 1. The Morgan fingerprint density at radius 2 is 1.86 bits per heavy atom. The van der Waals surface area contributed by atoms with Crippen LogP contribution >= 0.6 is 0 Å². The monoisotopic (exact) mass is 480 g/mol. The molecule has 2 heterocycles. The van der Waals surface area contributed by atoms with Gasteiger partial charge in [0.15, 0.2) is 5.78 Å². The second-order valence-electron chi connectivity index (χ2n) is 9.62. The average molecular weight is 481 g/mol. The molecule has 0 unspecified atom stereocenters. The van der Waals surface area contributed by atoms with Gasteiger partial charge in [-0.15, -0.1) is 0 Å². The van der Waals surface area contributed by atoms with E-state index in [2.05, 4.69) is 25.6 Å². The Balaban J connectivity index is 1.47. The number of carbonyl (C=O) groups excluding carboxylic acids is 2. The van der Waals surface area contributed by atoms with E-state index in [9.17, 15) is 19.7 Å². The summed E-state index contributed by atoms with van der Waals surface area (Å²) in [7, 11) is 0. The zero-order chi connectivity index (χ0) is 25.2. The number of nitro benzene ring substituents is 1. The largest absolute Gasteiger partial charge is 0.444 e. The van der Waals surface area contributed by atoms with Crippen LogP contribution in [0.3, 0.4) is 0 Å². The van der Waals surface area contributed by atoms with Crippen molar-refractivity contribution in [3.05, 3.63) is 58.0 Å². The zero-order valence-electron chi connectivity index (χ0n) is 19.8. The molecule has 0 spiro atoms.